The summed E-state index contributed by atoms with van der Waals surface area (Å²) < 4.78 is 26.3. The Morgan fingerprint density at radius 1 is 1.35 bits per heavy atom. The number of carbonyl (C=O) groups is 1. The molecule has 1 amide bonds. The average Bonchev–Trinajstić information content (AvgIpc) is 2.48. The van der Waals surface area contributed by atoms with Gasteiger partial charge in [0.1, 0.15) is 5.54 Å². The number of likely N-dealkylation sites (N-methyl/N-ethyl adjacent to an activating group) is 1. The van der Waals surface area contributed by atoms with Gasteiger partial charge in [-0.2, -0.15) is 5.26 Å². The molecule has 1 N–H and O–H groups in total. The van der Waals surface area contributed by atoms with Crippen LogP contribution in [0.3, 0.4) is 0 Å². The maximum atomic E-state index is 13.3. The Labute approximate surface area is 136 Å². The van der Waals surface area contributed by atoms with Crippen molar-refractivity contribution in [3.63, 3.8) is 0 Å². The Bertz CT molecular complexity index is 612. The minimum Gasteiger partial charge on any atom is -0.337 e. The van der Waals surface area contributed by atoms with E-state index in [4.69, 9.17) is 0 Å². The number of rotatable bonds is 6. The van der Waals surface area contributed by atoms with Crippen LogP contribution in [0.5, 0.6) is 0 Å². The van der Waals surface area contributed by atoms with Gasteiger partial charge in [-0.3, -0.25) is 9.69 Å². The Morgan fingerprint density at radius 3 is 2.43 bits per heavy atom. The molecule has 1 rings (SSSR count). The van der Waals surface area contributed by atoms with Crippen molar-refractivity contribution in [2.75, 3.05) is 13.6 Å². The molecular formula is C17H23F2N3O. The van der Waals surface area contributed by atoms with Crippen LogP contribution in [0.25, 0.3) is 0 Å². The van der Waals surface area contributed by atoms with Crippen LogP contribution in [0.4, 0.5) is 8.78 Å². The van der Waals surface area contributed by atoms with Gasteiger partial charge in [-0.05, 0) is 44.5 Å². The molecule has 0 fully saturated rings. The van der Waals surface area contributed by atoms with Gasteiger partial charge in [0.05, 0.1) is 12.6 Å². The maximum absolute atomic E-state index is 13.3. The molecule has 6 heteroatoms. The molecule has 23 heavy (non-hydrogen) atoms. The van der Waals surface area contributed by atoms with E-state index in [9.17, 15) is 18.8 Å². The molecule has 0 aliphatic rings. The van der Waals surface area contributed by atoms with Crippen LogP contribution < -0.4 is 5.32 Å². The van der Waals surface area contributed by atoms with Crippen molar-refractivity contribution in [1.29, 1.82) is 5.26 Å². The Morgan fingerprint density at radius 2 is 1.96 bits per heavy atom. The summed E-state index contributed by atoms with van der Waals surface area (Å²) in [6, 6.07) is 5.53. The maximum Gasteiger partial charge on any atom is 0.235 e. The molecule has 1 aromatic carbocycles. The quantitative estimate of drug-likeness (QED) is 0.875. The molecule has 0 bridgehead atoms. The van der Waals surface area contributed by atoms with Crippen LogP contribution in [-0.4, -0.2) is 29.9 Å². The first-order chi connectivity index (χ1) is 10.6. The Kier molecular flexibility index (Phi) is 6.22. The summed E-state index contributed by atoms with van der Waals surface area (Å²) in [4.78, 5) is 13.9. The molecule has 1 aromatic rings. The van der Waals surface area contributed by atoms with Crippen molar-refractivity contribution in [3.8, 4) is 6.07 Å². The van der Waals surface area contributed by atoms with Crippen molar-refractivity contribution < 1.29 is 13.6 Å². The molecule has 0 heterocycles. The van der Waals surface area contributed by atoms with E-state index in [1.165, 1.54) is 6.07 Å². The minimum absolute atomic E-state index is 0.0367. The zero-order valence-corrected chi connectivity index (χ0v) is 14.2. The number of hydrogen-bond donors (Lipinski definition) is 1. The summed E-state index contributed by atoms with van der Waals surface area (Å²) in [7, 11) is 1.71. The monoisotopic (exact) mass is 323 g/mol. The van der Waals surface area contributed by atoms with Crippen LogP contribution in [0.1, 0.15) is 39.3 Å². The van der Waals surface area contributed by atoms with E-state index in [-0.39, 0.29) is 24.4 Å². The number of benzene rings is 1. The number of halogens is 2. The Hall–Kier alpha value is -2.00. The number of carbonyl (C=O) groups excluding carboxylic acids is 1. The van der Waals surface area contributed by atoms with Crippen molar-refractivity contribution in [2.45, 2.75) is 39.3 Å². The summed E-state index contributed by atoms with van der Waals surface area (Å²) in [5.74, 6) is -2.14. The fraction of sp³-hybridized carbons (Fsp3) is 0.529. The summed E-state index contributed by atoms with van der Waals surface area (Å²) in [5, 5.41) is 12.0. The summed E-state index contributed by atoms with van der Waals surface area (Å²) >= 11 is 0. The van der Waals surface area contributed by atoms with Gasteiger partial charge in [-0.15, -0.1) is 0 Å². The van der Waals surface area contributed by atoms with Crippen LogP contribution in [-0.2, 0) is 4.79 Å². The highest BCUT2D eigenvalue weighted by atomic mass is 19.2. The van der Waals surface area contributed by atoms with E-state index in [0.29, 0.717) is 5.56 Å². The molecule has 0 aromatic heterocycles. The van der Waals surface area contributed by atoms with Crippen molar-refractivity contribution >= 4 is 5.91 Å². The normalized spacial score (nSPS) is 15.1. The molecular weight excluding hydrogens is 300 g/mol. The summed E-state index contributed by atoms with van der Waals surface area (Å²) in [5.41, 5.74) is -0.366. The highest BCUT2D eigenvalue weighted by molar-refractivity contribution is 5.79. The second-order valence-corrected chi connectivity index (χ2v) is 6.28. The predicted molar refractivity (Wildman–Crippen MR) is 84.4 cm³/mol. The first kappa shape index (κ1) is 19.0. The third-order valence-corrected chi connectivity index (χ3v) is 4.27. The molecule has 0 aliphatic heterocycles. The first-order valence-corrected chi connectivity index (χ1v) is 7.48. The number of nitriles is 1. The topological polar surface area (TPSA) is 56.1 Å². The van der Waals surface area contributed by atoms with Gasteiger partial charge in [0.25, 0.3) is 0 Å². The molecule has 0 aliphatic carbocycles. The third kappa shape index (κ3) is 4.73. The van der Waals surface area contributed by atoms with E-state index in [1.54, 1.807) is 25.8 Å². The number of nitrogens with zero attached hydrogens (tertiary/aromatic N) is 2. The lowest BCUT2D eigenvalue weighted by Gasteiger charge is -2.30. The van der Waals surface area contributed by atoms with Crippen LogP contribution in [0.15, 0.2) is 18.2 Å². The van der Waals surface area contributed by atoms with E-state index in [2.05, 4.69) is 11.4 Å². The lowest BCUT2D eigenvalue weighted by Crippen LogP contribution is -2.51. The molecule has 0 radical (unpaired) electrons. The second-order valence-electron chi connectivity index (χ2n) is 6.28. The lowest BCUT2D eigenvalue weighted by atomic mass is 9.90. The van der Waals surface area contributed by atoms with Gasteiger partial charge in [0, 0.05) is 6.04 Å². The third-order valence-electron chi connectivity index (χ3n) is 4.27. The van der Waals surface area contributed by atoms with E-state index >= 15 is 0 Å². The van der Waals surface area contributed by atoms with Gasteiger partial charge in [0.2, 0.25) is 5.91 Å². The minimum atomic E-state index is -0.941. The molecule has 126 valence electrons. The lowest BCUT2D eigenvalue weighted by molar-refractivity contribution is -0.124. The van der Waals surface area contributed by atoms with Crippen molar-refractivity contribution in [1.82, 2.24) is 10.2 Å². The summed E-state index contributed by atoms with van der Waals surface area (Å²) in [6.45, 7) is 7.23. The second kappa shape index (κ2) is 7.51. The fourth-order valence-electron chi connectivity index (χ4n) is 2.02. The zero-order chi connectivity index (χ0) is 17.8. The Balaban J connectivity index is 2.75. The molecule has 0 saturated carbocycles. The van der Waals surface area contributed by atoms with Crippen LogP contribution in [0, 0.1) is 28.9 Å². The average molecular weight is 323 g/mol. The number of nitrogens with one attached hydrogen (secondary N) is 1. The SMILES string of the molecule is CC(c1ccc(F)c(F)c1)N(C)CC(=O)NC(C)(C#N)C(C)C. The first-order valence-electron chi connectivity index (χ1n) is 7.48. The largest absolute Gasteiger partial charge is 0.337 e. The number of hydrogen-bond acceptors (Lipinski definition) is 3. The van der Waals surface area contributed by atoms with Gasteiger partial charge in [-0.25, -0.2) is 8.78 Å². The van der Waals surface area contributed by atoms with Crippen molar-refractivity contribution in [2.24, 2.45) is 5.92 Å². The fourth-order valence-corrected chi connectivity index (χ4v) is 2.02. The smallest absolute Gasteiger partial charge is 0.235 e. The van der Waals surface area contributed by atoms with Crippen molar-refractivity contribution in [3.05, 3.63) is 35.4 Å². The highest BCUT2D eigenvalue weighted by Crippen LogP contribution is 2.21. The highest BCUT2D eigenvalue weighted by Gasteiger charge is 2.30. The summed E-state index contributed by atoms with van der Waals surface area (Å²) in [6.07, 6.45) is 0. The van der Waals surface area contributed by atoms with Gasteiger partial charge < -0.3 is 5.32 Å². The van der Waals surface area contributed by atoms with E-state index in [0.717, 1.165) is 12.1 Å². The molecule has 2 unspecified atom stereocenters. The van der Waals surface area contributed by atoms with E-state index in [1.807, 2.05) is 13.8 Å². The predicted octanol–water partition coefficient (Wildman–Crippen LogP) is 3.01. The molecule has 0 saturated heterocycles. The van der Waals surface area contributed by atoms with E-state index < -0.39 is 17.2 Å². The zero-order valence-electron chi connectivity index (χ0n) is 14.2. The van der Waals surface area contributed by atoms with Gasteiger partial charge in [-0.1, -0.05) is 19.9 Å². The standard InChI is InChI=1S/C17H23F2N3O/c1-11(2)17(4,10-20)21-16(23)9-22(5)12(3)13-6-7-14(18)15(19)8-13/h6-8,11-12H,9H2,1-5H3,(H,21,23). The van der Waals surface area contributed by atoms with Crippen LogP contribution >= 0.6 is 0 Å². The molecule has 4 nitrogen and oxygen atoms in total. The van der Waals surface area contributed by atoms with Gasteiger partial charge >= 0.3 is 0 Å². The van der Waals surface area contributed by atoms with Crippen LogP contribution in [0.2, 0.25) is 0 Å². The molecule has 0 spiro atoms. The molecule has 2 atom stereocenters. The number of amides is 1. The van der Waals surface area contributed by atoms with Gasteiger partial charge in [0.15, 0.2) is 11.6 Å².